The van der Waals surface area contributed by atoms with Gasteiger partial charge in [-0.15, -0.1) is 56.7 Å². The van der Waals surface area contributed by atoms with Gasteiger partial charge in [-0.05, 0) is 175 Å². The predicted molar refractivity (Wildman–Crippen MR) is 482 cm³/mol. The SMILES string of the molecule is CCOc1cccc(-c2cccc(Nc3nccc(-c4nccs4)n3)c2)c1.COc1ccccc1COc1cccc(Nc2nccc(-c3nccs3)n2)c1.CS(=O)(=O)c1ccc(-c2cccc(Nc3nccc(-c4nccs4)n3)c2)cc1.Clc1ccc(Nc2nccc(-c3nccs3)n2)cc1.Fc1ccc(Nc2nccc(-c3nccs3)n2)cc1. The van der Waals surface area contributed by atoms with Gasteiger partial charge in [0.15, 0.2) is 9.84 Å². The van der Waals surface area contributed by atoms with E-state index in [-0.39, 0.29) is 5.82 Å². The van der Waals surface area contributed by atoms with Gasteiger partial charge in [0.25, 0.3) is 0 Å². The van der Waals surface area contributed by atoms with Gasteiger partial charge >= 0.3 is 0 Å². The van der Waals surface area contributed by atoms with Crippen molar-refractivity contribution in [1.82, 2.24) is 74.8 Å². The summed E-state index contributed by atoms with van der Waals surface area (Å²) in [6.45, 7) is 3.05. The zero-order valence-corrected chi connectivity index (χ0v) is 70.0. The van der Waals surface area contributed by atoms with Gasteiger partial charge in [0.1, 0.15) is 83.2 Å². The molecule has 10 heterocycles. The average molecular weight is 1730 g/mol. The Morgan fingerprint density at radius 2 is 0.711 bits per heavy atom. The van der Waals surface area contributed by atoms with Crippen LogP contribution in [0.2, 0.25) is 5.02 Å². The van der Waals surface area contributed by atoms with Crippen LogP contribution in [0.5, 0.6) is 17.2 Å². The number of ether oxygens (including phenoxy) is 3. The van der Waals surface area contributed by atoms with Crippen molar-refractivity contribution in [1.29, 1.82) is 0 Å². The molecule has 0 radical (unpaired) electrons. The molecule has 0 aliphatic heterocycles. The first-order valence-electron chi connectivity index (χ1n) is 36.8. The lowest BCUT2D eigenvalue weighted by atomic mass is 10.0. The second kappa shape index (κ2) is 41.8. The molecule has 8 aromatic carbocycles. The molecule has 0 unspecified atom stereocenters. The first-order valence-corrected chi connectivity index (χ1v) is 43.5. The van der Waals surface area contributed by atoms with E-state index in [2.05, 4.69) is 120 Å². The number of thiazole rings is 5. The number of aromatic nitrogens is 15. The molecule has 5 N–H and O–H groups in total. The highest BCUT2D eigenvalue weighted by Gasteiger charge is 2.14. The average Bonchev–Trinajstić information content (AvgIpc) is 1.65. The number of hydrogen-bond acceptors (Lipinski definition) is 30. The molecule has 121 heavy (non-hydrogen) atoms. The summed E-state index contributed by atoms with van der Waals surface area (Å²) in [7, 11) is -1.55. The van der Waals surface area contributed by atoms with Crippen molar-refractivity contribution in [3.8, 4) is 93.0 Å². The molecule has 10 aromatic heterocycles. The van der Waals surface area contributed by atoms with Crippen LogP contribution in [-0.2, 0) is 16.4 Å². The van der Waals surface area contributed by atoms with Crippen LogP contribution in [0.1, 0.15) is 12.5 Å². The Balaban J connectivity index is 0.000000125. The molecular formula is C88H70ClFN20O5S6. The maximum Gasteiger partial charge on any atom is 0.227 e. The normalized spacial score (nSPS) is 10.7. The van der Waals surface area contributed by atoms with Gasteiger partial charge in [-0.3, -0.25) is 0 Å². The van der Waals surface area contributed by atoms with E-state index in [1.807, 2.05) is 185 Å². The summed E-state index contributed by atoms with van der Waals surface area (Å²) >= 11 is 13.5. The summed E-state index contributed by atoms with van der Waals surface area (Å²) in [5.41, 5.74) is 13.2. The lowest BCUT2D eigenvalue weighted by Crippen LogP contribution is -2.00. The van der Waals surface area contributed by atoms with Gasteiger partial charge in [0.2, 0.25) is 29.7 Å². The minimum atomic E-state index is -3.21. The van der Waals surface area contributed by atoms with E-state index in [9.17, 15) is 12.8 Å². The van der Waals surface area contributed by atoms with E-state index in [0.717, 1.165) is 127 Å². The Hall–Kier alpha value is -14.1. The first-order chi connectivity index (χ1) is 59.2. The van der Waals surface area contributed by atoms with Crippen LogP contribution >= 0.6 is 68.3 Å². The maximum absolute atomic E-state index is 12.8. The summed E-state index contributed by atoms with van der Waals surface area (Å²) in [6, 6.07) is 68.9. The Morgan fingerprint density at radius 1 is 0.355 bits per heavy atom. The smallest absolute Gasteiger partial charge is 0.227 e. The molecule has 0 saturated heterocycles. The molecule has 0 saturated carbocycles. The highest BCUT2D eigenvalue weighted by atomic mass is 35.5. The molecular weight excluding hydrogens is 1660 g/mol. The highest BCUT2D eigenvalue weighted by Crippen LogP contribution is 2.33. The fourth-order valence-corrected chi connectivity index (χ4v) is 15.0. The van der Waals surface area contributed by atoms with Crippen molar-refractivity contribution in [3.05, 3.63) is 330 Å². The quantitative estimate of drug-likeness (QED) is 0.0375. The van der Waals surface area contributed by atoms with Crippen LogP contribution in [0.25, 0.3) is 75.8 Å². The third kappa shape index (κ3) is 24.5. The summed E-state index contributed by atoms with van der Waals surface area (Å²) in [5, 5.41) is 30.4. The van der Waals surface area contributed by atoms with Gasteiger partial charge in [-0.1, -0.05) is 84.4 Å². The topological polar surface area (TPSA) is 315 Å². The minimum Gasteiger partial charge on any atom is -0.496 e. The van der Waals surface area contributed by atoms with Crippen molar-refractivity contribution < 1.29 is 27.0 Å². The van der Waals surface area contributed by atoms with Gasteiger partial charge in [-0.25, -0.2) is 87.6 Å². The molecule has 18 aromatic rings. The first kappa shape index (κ1) is 83.4. The summed E-state index contributed by atoms with van der Waals surface area (Å²) < 4.78 is 52.9. The van der Waals surface area contributed by atoms with Crippen molar-refractivity contribution in [3.63, 3.8) is 0 Å². The number of rotatable bonds is 24. The molecule has 0 amide bonds. The fourth-order valence-electron chi connectivity index (χ4n) is 11.2. The number of nitrogens with one attached hydrogen (secondary N) is 5. The lowest BCUT2D eigenvalue weighted by Gasteiger charge is -2.11. The third-order valence-corrected chi connectivity index (χ3v) is 22.1. The second-order valence-corrected chi connectivity index (χ2v) is 32.1. The van der Waals surface area contributed by atoms with E-state index in [0.29, 0.717) is 52.9 Å². The van der Waals surface area contributed by atoms with Crippen LogP contribution < -0.4 is 40.8 Å². The third-order valence-electron chi connectivity index (χ3n) is 16.7. The summed E-state index contributed by atoms with van der Waals surface area (Å²) in [6.07, 6.45) is 18.5. The van der Waals surface area contributed by atoms with Gasteiger partial charge in [0.05, 0.1) is 18.6 Å². The highest BCUT2D eigenvalue weighted by molar-refractivity contribution is 7.90. The molecule has 0 fully saturated rings. The number of hydrogen-bond donors (Lipinski definition) is 5. The van der Waals surface area contributed by atoms with Gasteiger partial charge in [-0.2, -0.15) is 0 Å². The van der Waals surface area contributed by atoms with Gasteiger partial charge < -0.3 is 40.8 Å². The van der Waals surface area contributed by atoms with E-state index >= 15 is 0 Å². The number of halogens is 2. The number of para-hydroxylation sites is 1. The molecule has 0 spiro atoms. The van der Waals surface area contributed by atoms with Gasteiger partial charge in [0, 0.05) is 140 Å². The number of nitrogens with zero attached hydrogens (tertiary/aromatic N) is 15. The zero-order chi connectivity index (χ0) is 83.4. The van der Waals surface area contributed by atoms with Crippen LogP contribution in [0.15, 0.2) is 318 Å². The monoisotopic (exact) mass is 1730 g/mol. The Morgan fingerprint density at radius 3 is 1.10 bits per heavy atom. The van der Waals surface area contributed by atoms with Crippen molar-refractivity contribution in [2.24, 2.45) is 0 Å². The predicted octanol–water partition coefficient (Wildman–Crippen LogP) is 22.2. The van der Waals surface area contributed by atoms with E-state index in [1.165, 1.54) is 41.1 Å². The van der Waals surface area contributed by atoms with Crippen molar-refractivity contribution in [2.45, 2.75) is 18.4 Å². The lowest BCUT2D eigenvalue weighted by molar-refractivity contribution is 0.297. The molecule has 18 rings (SSSR count). The van der Waals surface area contributed by atoms with E-state index in [1.54, 1.807) is 146 Å². The van der Waals surface area contributed by atoms with Crippen LogP contribution in [0.3, 0.4) is 0 Å². The van der Waals surface area contributed by atoms with Crippen LogP contribution in [0, 0.1) is 5.82 Å². The summed E-state index contributed by atoms with van der Waals surface area (Å²) in [5.74, 6) is 4.68. The van der Waals surface area contributed by atoms with Crippen molar-refractivity contribution >= 4 is 136 Å². The summed E-state index contributed by atoms with van der Waals surface area (Å²) in [4.78, 5) is 65.2. The van der Waals surface area contributed by atoms with Crippen molar-refractivity contribution in [2.75, 3.05) is 46.6 Å². The zero-order valence-electron chi connectivity index (χ0n) is 64.4. The number of sulfone groups is 1. The van der Waals surface area contributed by atoms with Crippen LogP contribution in [0.4, 0.5) is 62.6 Å². The molecule has 0 atom stereocenters. The molecule has 602 valence electrons. The molecule has 25 nitrogen and oxygen atoms in total. The Bertz CT molecular complexity index is 6300. The minimum absolute atomic E-state index is 0.275. The molecule has 0 aliphatic carbocycles. The largest absolute Gasteiger partial charge is 0.496 e. The Labute approximate surface area is 720 Å². The number of methoxy groups -OCH3 is 1. The maximum atomic E-state index is 12.8. The molecule has 33 heteroatoms. The standard InChI is InChI=1S/C21H18N4O2S.C21H18N4OS.C20H16N4O2S2.C13H9ClN4S.C13H9FN4S/c1-26-19-8-3-2-5-15(19)14-27-17-7-4-6-16(13-17)24-21-23-10-9-18(25-21)20-22-11-12-28-20;1-2-26-18-8-4-6-16(14-18)15-5-3-7-17(13-15)24-21-23-10-9-19(25-21)20-22-11-12-27-20;1-28(25,26)17-7-5-14(6-8-17)15-3-2-4-16(13-15)23-20-22-10-9-18(24-20)19-21-11-12-27-19;2*14-9-1-3-10(4-2-9)17-13-16-6-5-11(18-13)12-15-7-8-19-12/h2-13H,14H2,1H3,(H,23,24,25);3-14H,2H2,1H3,(H,23,24,25);2-13H,1H3,(H,22,23,24);2*1-8H,(H,16,17,18). The number of benzene rings is 8. The van der Waals surface area contributed by atoms with Crippen LogP contribution in [-0.4, -0.2) is 103 Å². The van der Waals surface area contributed by atoms with E-state index in [4.69, 9.17) is 25.8 Å². The fraction of sp³-hybridized carbons (Fsp3) is 0.0568. The second-order valence-electron chi connectivity index (χ2n) is 25.2. The molecule has 0 aliphatic rings. The van der Waals surface area contributed by atoms with E-state index < -0.39 is 9.84 Å². The number of anilines is 10. The Kier molecular flexibility index (Phi) is 28.8. The molecule has 0 bridgehead atoms.